The van der Waals surface area contributed by atoms with Gasteiger partial charge in [0.15, 0.2) is 0 Å². The number of nitrogens with zero attached hydrogens (tertiary/aromatic N) is 1. The van der Waals surface area contributed by atoms with Crippen LogP contribution >= 0.6 is 11.8 Å². The average Bonchev–Trinajstić information content (AvgIpc) is 2.93. The molecule has 0 radical (unpaired) electrons. The number of aryl methyl sites for hydroxylation is 1. The minimum absolute atomic E-state index is 0.149. The lowest BCUT2D eigenvalue weighted by molar-refractivity contribution is -0.0834. The molecule has 3 rings (SSSR count). The second kappa shape index (κ2) is 6.46. The summed E-state index contributed by atoms with van der Waals surface area (Å²) >= 11 is 2.03. The number of hydrogen-bond donors (Lipinski definition) is 1. The van der Waals surface area contributed by atoms with Crippen molar-refractivity contribution in [3.8, 4) is 0 Å². The van der Waals surface area contributed by atoms with E-state index in [2.05, 4.69) is 11.1 Å². The fourth-order valence-corrected chi connectivity index (χ4v) is 4.77. The van der Waals surface area contributed by atoms with Gasteiger partial charge in [-0.2, -0.15) is 11.8 Å². The summed E-state index contributed by atoms with van der Waals surface area (Å²) in [4.78, 5) is 4.38. The Balaban J connectivity index is 1.53. The van der Waals surface area contributed by atoms with Crippen LogP contribution in [0, 0.1) is 5.92 Å². The highest BCUT2D eigenvalue weighted by atomic mass is 32.2. The lowest BCUT2D eigenvalue weighted by Gasteiger charge is -2.40. The molecule has 0 aliphatic carbocycles. The highest BCUT2D eigenvalue weighted by molar-refractivity contribution is 7.99. The fraction of sp³-hybridized carbons (Fsp3) is 0.688. The van der Waals surface area contributed by atoms with E-state index < -0.39 is 0 Å². The summed E-state index contributed by atoms with van der Waals surface area (Å²) in [5.41, 5.74) is 7.76. The third-order valence-electron chi connectivity index (χ3n) is 4.66. The molecule has 2 fully saturated rings. The van der Waals surface area contributed by atoms with Crippen LogP contribution in [-0.4, -0.2) is 34.7 Å². The molecule has 0 bridgehead atoms. The Hall–Kier alpha value is -0.580. The molecule has 0 amide bonds. The lowest BCUT2D eigenvalue weighted by Crippen LogP contribution is -2.45. The molecule has 0 saturated carbocycles. The highest BCUT2D eigenvalue weighted by Gasteiger charge is 2.41. The molecule has 0 aromatic carbocycles. The molecular formula is C16H24N2OS. The van der Waals surface area contributed by atoms with Crippen molar-refractivity contribution < 1.29 is 4.74 Å². The summed E-state index contributed by atoms with van der Waals surface area (Å²) in [5.74, 6) is 3.03. The molecule has 4 heteroatoms. The topological polar surface area (TPSA) is 48.1 Å². The zero-order chi connectivity index (χ0) is 13.8. The number of rotatable bonds is 4. The predicted octanol–water partition coefficient (Wildman–Crippen LogP) is 2.64. The molecule has 1 spiro atoms. The van der Waals surface area contributed by atoms with Gasteiger partial charge in [0.25, 0.3) is 0 Å². The number of pyridine rings is 1. The molecular weight excluding hydrogens is 268 g/mol. The number of hydrogen-bond acceptors (Lipinski definition) is 4. The molecule has 3 heterocycles. The van der Waals surface area contributed by atoms with E-state index in [-0.39, 0.29) is 11.6 Å². The summed E-state index contributed by atoms with van der Waals surface area (Å²) in [6, 6.07) is 6.38. The van der Waals surface area contributed by atoms with Gasteiger partial charge >= 0.3 is 0 Å². The zero-order valence-electron chi connectivity index (χ0n) is 12.0. The van der Waals surface area contributed by atoms with Gasteiger partial charge in [0.2, 0.25) is 0 Å². The van der Waals surface area contributed by atoms with Crippen molar-refractivity contribution >= 4 is 11.8 Å². The zero-order valence-corrected chi connectivity index (χ0v) is 12.8. The van der Waals surface area contributed by atoms with Gasteiger partial charge in [-0.25, -0.2) is 0 Å². The largest absolute Gasteiger partial charge is 0.374 e. The molecule has 3 unspecified atom stereocenters. The molecule has 3 nitrogen and oxygen atoms in total. The van der Waals surface area contributed by atoms with Crippen LogP contribution in [0.15, 0.2) is 24.4 Å². The maximum atomic E-state index is 6.46. The fourth-order valence-electron chi connectivity index (χ4n) is 3.39. The second-order valence-corrected chi connectivity index (χ2v) is 7.22. The minimum atomic E-state index is 0.149. The first kappa shape index (κ1) is 14.4. The van der Waals surface area contributed by atoms with E-state index in [9.17, 15) is 0 Å². The van der Waals surface area contributed by atoms with Gasteiger partial charge in [0.1, 0.15) is 0 Å². The summed E-state index contributed by atoms with van der Waals surface area (Å²) in [7, 11) is 0. The Morgan fingerprint density at radius 1 is 1.50 bits per heavy atom. The van der Waals surface area contributed by atoms with Crippen molar-refractivity contribution in [1.29, 1.82) is 0 Å². The molecule has 110 valence electrons. The van der Waals surface area contributed by atoms with Gasteiger partial charge in [-0.3, -0.25) is 4.98 Å². The SMILES string of the molecule is NC(CCc1ccccn1)C1CCOC2(CCSC2)C1. The standard InChI is InChI=1S/C16H24N2OS/c17-15(5-4-14-3-1-2-8-18-14)13-6-9-19-16(11-13)7-10-20-12-16/h1-3,8,13,15H,4-7,9-12,17H2. The third kappa shape index (κ3) is 3.35. The average molecular weight is 292 g/mol. The number of nitrogens with two attached hydrogens (primary N) is 1. The van der Waals surface area contributed by atoms with Crippen molar-refractivity contribution in [2.24, 2.45) is 11.7 Å². The Bertz CT molecular complexity index is 420. The quantitative estimate of drug-likeness (QED) is 0.927. The van der Waals surface area contributed by atoms with Gasteiger partial charge in [0.05, 0.1) is 5.60 Å². The van der Waals surface area contributed by atoms with Crippen LogP contribution < -0.4 is 5.73 Å². The maximum absolute atomic E-state index is 6.46. The Labute approximate surface area is 125 Å². The van der Waals surface area contributed by atoms with E-state index in [1.165, 1.54) is 12.2 Å². The molecule has 2 saturated heterocycles. The van der Waals surface area contributed by atoms with Crippen molar-refractivity contribution in [3.05, 3.63) is 30.1 Å². The number of ether oxygens (including phenoxy) is 1. The van der Waals surface area contributed by atoms with E-state index in [0.717, 1.165) is 43.7 Å². The minimum Gasteiger partial charge on any atom is -0.374 e. The lowest BCUT2D eigenvalue weighted by atomic mass is 9.80. The maximum Gasteiger partial charge on any atom is 0.0783 e. The van der Waals surface area contributed by atoms with Crippen LogP contribution in [0.3, 0.4) is 0 Å². The van der Waals surface area contributed by atoms with Gasteiger partial charge in [-0.15, -0.1) is 0 Å². The van der Waals surface area contributed by atoms with Crippen LogP contribution in [0.2, 0.25) is 0 Å². The Morgan fingerprint density at radius 3 is 3.20 bits per heavy atom. The molecule has 2 N–H and O–H groups in total. The Kier molecular flexibility index (Phi) is 4.64. The first-order valence-corrected chi connectivity index (χ1v) is 8.80. The van der Waals surface area contributed by atoms with E-state index in [1.54, 1.807) is 0 Å². The van der Waals surface area contributed by atoms with E-state index in [1.807, 2.05) is 30.1 Å². The second-order valence-electron chi connectivity index (χ2n) is 6.11. The van der Waals surface area contributed by atoms with Gasteiger partial charge in [-0.05, 0) is 55.9 Å². The van der Waals surface area contributed by atoms with E-state index in [4.69, 9.17) is 10.5 Å². The first-order valence-electron chi connectivity index (χ1n) is 7.65. The van der Waals surface area contributed by atoms with Crippen LogP contribution in [0.5, 0.6) is 0 Å². The van der Waals surface area contributed by atoms with Crippen LogP contribution in [0.4, 0.5) is 0 Å². The van der Waals surface area contributed by atoms with E-state index in [0.29, 0.717) is 5.92 Å². The highest BCUT2D eigenvalue weighted by Crippen LogP contribution is 2.41. The van der Waals surface area contributed by atoms with E-state index >= 15 is 0 Å². The molecule has 20 heavy (non-hydrogen) atoms. The summed E-state index contributed by atoms with van der Waals surface area (Å²) in [6.07, 6.45) is 7.37. The normalized spacial score (nSPS) is 31.6. The number of aromatic nitrogens is 1. The third-order valence-corrected chi connectivity index (χ3v) is 5.89. The predicted molar refractivity (Wildman–Crippen MR) is 83.9 cm³/mol. The molecule has 2 aliphatic heterocycles. The summed E-state index contributed by atoms with van der Waals surface area (Å²) < 4.78 is 6.08. The van der Waals surface area contributed by atoms with Crippen molar-refractivity contribution in [2.45, 2.75) is 43.7 Å². The smallest absolute Gasteiger partial charge is 0.0783 e. The van der Waals surface area contributed by atoms with Crippen molar-refractivity contribution in [3.63, 3.8) is 0 Å². The van der Waals surface area contributed by atoms with Crippen LogP contribution in [-0.2, 0) is 11.2 Å². The first-order chi connectivity index (χ1) is 9.77. The van der Waals surface area contributed by atoms with Crippen molar-refractivity contribution in [2.75, 3.05) is 18.1 Å². The van der Waals surface area contributed by atoms with Crippen LogP contribution in [0.1, 0.15) is 31.4 Å². The van der Waals surface area contributed by atoms with Crippen LogP contribution in [0.25, 0.3) is 0 Å². The van der Waals surface area contributed by atoms with Gasteiger partial charge in [-0.1, -0.05) is 6.07 Å². The van der Waals surface area contributed by atoms with Gasteiger partial charge in [0, 0.05) is 30.3 Å². The number of thioether (sulfide) groups is 1. The molecule has 3 atom stereocenters. The summed E-state index contributed by atoms with van der Waals surface area (Å²) in [6.45, 7) is 0.891. The summed E-state index contributed by atoms with van der Waals surface area (Å²) in [5, 5.41) is 0. The van der Waals surface area contributed by atoms with Gasteiger partial charge < -0.3 is 10.5 Å². The monoisotopic (exact) mass is 292 g/mol. The Morgan fingerprint density at radius 2 is 2.45 bits per heavy atom. The van der Waals surface area contributed by atoms with Crippen molar-refractivity contribution in [1.82, 2.24) is 4.98 Å². The molecule has 1 aromatic rings. The molecule has 1 aromatic heterocycles. The molecule has 2 aliphatic rings.